The molecule has 0 fully saturated rings. The summed E-state index contributed by atoms with van der Waals surface area (Å²) in [6, 6.07) is 0. The number of likely N-dealkylation sites (N-methyl/N-ethyl adjacent to an activating group) is 1. The summed E-state index contributed by atoms with van der Waals surface area (Å²) in [6.45, 7) is 14.8. The first-order chi connectivity index (χ1) is 6.54. The molecule has 0 radical (unpaired) electrons. The predicted octanol–water partition coefficient (Wildman–Crippen LogP) is 3.01. The number of hydrogen-bond donors (Lipinski definition) is 1. The first-order valence-corrected chi connectivity index (χ1v) is 5.84. The molecule has 0 saturated carbocycles. The summed E-state index contributed by atoms with van der Waals surface area (Å²) < 4.78 is 0. The van der Waals surface area contributed by atoms with Gasteiger partial charge in [-0.25, -0.2) is 0 Å². The third kappa shape index (κ3) is 40.6. The minimum Gasteiger partial charge on any atom is -0.395 e. The van der Waals surface area contributed by atoms with E-state index in [0.717, 1.165) is 25.4 Å². The molecule has 14 heavy (non-hydrogen) atoms. The quantitative estimate of drug-likeness (QED) is 0.762. The zero-order chi connectivity index (χ0) is 12.0. The van der Waals surface area contributed by atoms with E-state index in [1.54, 1.807) is 0 Å². The van der Waals surface area contributed by atoms with E-state index in [4.69, 9.17) is 5.11 Å². The zero-order valence-electron chi connectivity index (χ0n) is 11.3. The maximum atomic E-state index is 8.42. The van der Waals surface area contributed by atoms with Gasteiger partial charge in [0.1, 0.15) is 0 Å². The van der Waals surface area contributed by atoms with E-state index in [0.29, 0.717) is 0 Å². The molecule has 2 heteroatoms. The molecular formula is C12H31NO. The highest BCUT2D eigenvalue weighted by molar-refractivity contribution is 4.45. The van der Waals surface area contributed by atoms with Gasteiger partial charge >= 0.3 is 0 Å². The first kappa shape index (κ1) is 19.5. The van der Waals surface area contributed by atoms with Gasteiger partial charge in [-0.2, -0.15) is 0 Å². The Bertz CT molecular complexity index is 66.0. The Morgan fingerprint density at radius 3 is 1.64 bits per heavy atom. The van der Waals surface area contributed by atoms with E-state index >= 15 is 0 Å². The highest BCUT2D eigenvalue weighted by Crippen LogP contribution is 1.82. The number of aliphatic hydroxyl groups is 1. The Hall–Kier alpha value is -0.0800. The molecular weight excluding hydrogens is 174 g/mol. The van der Waals surface area contributed by atoms with E-state index in [2.05, 4.69) is 32.6 Å². The fourth-order valence-electron chi connectivity index (χ4n) is 0.664. The van der Waals surface area contributed by atoms with Gasteiger partial charge in [-0.1, -0.05) is 41.5 Å². The van der Waals surface area contributed by atoms with E-state index < -0.39 is 0 Å². The number of rotatable bonds is 4. The first-order valence-electron chi connectivity index (χ1n) is 5.84. The van der Waals surface area contributed by atoms with Crippen LogP contribution in [0.25, 0.3) is 0 Å². The topological polar surface area (TPSA) is 23.5 Å². The van der Waals surface area contributed by atoms with Crippen LogP contribution in [0.3, 0.4) is 0 Å². The van der Waals surface area contributed by atoms with Gasteiger partial charge in [-0.15, -0.1) is 0 Å². The molecule has 0 aromatic heterocycles. The minimum atomic E-state index is 0.274. The molecule has 0 aliphatic carbocycles. The second-order valence-electron chi connectivity index (χ2n) is 3.76. The lowest BCUT2D eigenvalue weighted by Crippen LogP contribution is -2.22. The molecule has 0 bridgehead atoms. The molecule has 0 unspecified atom stereocenters. The van der Waals surface area contributed by atoms with Crippen molar-refractivity contribution >= 4 is 0 Å². The van der Waals surface area contributed by atoms with Gasteiger partial charge < -0.3 is 10.0 Å². The summed E-state index contributed by atoms with van der Waals surface area (Å²) in [7, 11) is 2.01. The Kier molecular flexibility index (Phi) is 26.0. The van der Waals surface area contributed by atoms with Crippen LogP contribution in [0.15, 0.2) is 0 Å². The smallest absolute Gasteiger partial charge is 0.0558 e. The van der Waals surface area contributed by atoms with Crippen LogP contribution in [0.5, 0.6) is 0 Å². The third-order valence-electron chi connectivity index (χ3n) is 1.09. The maximum absolute atomic E-state index is 8.42. The van der Waals surface area contributed by atoms with Crippen molar-refractivity contribution in [2.75, 3.05) is 26.7 Å². The van der Waals surface area contributed by atoms with Gasteiger partial charge in [-0.3, -0.25) is 0 Å². The van der Waals surface area contributed by atoms with Crippen LogP contribution >= 0.6 is 0 Å². The van der Waals surface area contributed by atoms with Crippen molar-refractivity contribution in [2.24, 2.45) is 5.92 Å². The largest absolute Gasteiger partial charge is 0.395 e. The molecule has 0 aromatic carbocycles. The molecule has 0 atom stereocenters. The summed E-state index contributed by atoms with van der Waals surface area (Å²) in [6.07, 6.45) is 1.16. The monoisotopic (exact) mass is 205 g/mol. The number of hydrogen-bond acceptors (Lipinski definition) is 2. The molecule has 1 N–H and O–H groups in total. The fourth-order valence-corrected chi connectivity index (χ4v) is 0.664. The molecule has 2 nitrogen and oxygen atoms in total. The summed E-state index contributed by atoms with van der Waals surface area (Å²) in [4.78, 5) is 2.11. The Balaban J connectivity index is -0.000000170. The van der Waals surface area contributed by atoms with Crippen LogP contribution in [0.1, 0.15) is 48.0 Å². The lowest BCUT2D eigenvalue weighted by Gasteiger charge is -2.12. The van der Waals surface area contributed by atoms with Gasteiger partial charge in [0.2, 0.25) is 0 Å². The van der Waals surface area contributed by atoms with Gasteiger partial charge in [0.15, 0.2) is 0 Å². The SMILES string of the molecule is CC.CC(C)C.CCCN(C)CCO. The zero-order valence-corrected chi connectivity index (χ0v) is 11.3. The maximum Gasteiger partial charge on any atom is 0.0558 e. The standard InChI is InChI=1S/C6H15NO.C4H10.C2H6/c1-3-4-7(2)5-6-8;1-4(2)3;1-2/h8H,3-6H2,1-2H3;4H,1-3H3;1-2H3. The average Bonchev–Trinajstić information content (AvgIpc) is 2.08. The highest BCUT2D eigenvalue weighted by atomic mass is 16.3. The van der Waals surface area contributed by atoms with Crippen LogP contribution in [0, 0.1) is 5.92 Å². The van der Waals surface area contributed by atoms with Crippen LogP contribution in [-0.4, -0.2) is 36.8 Å². The summed E-state index contributed by atoms with van der Waals surface area (Å²) in [5.74, 6) is 0.833. The third-order valence-corrected chi connectivity index (χ3v) is 1.09. The summed E-state index contributed by atoms with van der Waals surface area (Å²) in [5.41, 5.74) is 0. The fraction of sp³-hybridized carbons (Fsp3) is 1.00. The number of aliphatic hydroxyl groups excluding tert-OH is 1. The van der Waals surface area contributed by atoms with Gasteiger partial charge in [0.05, 0.1) is 6.61 Å². The molecule has 0 aliphatic heterocycles. The summed E-state index contributed by atoms with van der Waals surface area (Å²) >= 11 is 0. The molecule has 0 heterocycles. The van der Waals surface area contributed by atoms with Crippen LogP contribution < -0.4 is 0 Å². The van der Waals surface area contributed by atoms with Crippen LogP contribution in [0.2, 0.25) is 0 Å². The molecule has 0 amide bonds. The Morgan fingerprint density at radius 2 is 1.43 bits per heavy atom. The molecule has 0 aromatic rings. The van der Waals surface area contributed by atoms with Crippen molar-refractivity contribution in [3.8, 4) is 0 Å². The van der Waals surface area contributed by atoms with Gasteiger partial charge in [-0.05, 0) is 25.9 Å². The molecule has 0 aliphatic rings. The minimum absolute atomic E-state index is 0.274. The van der Waals surface area contributed by atoms with Crippen molar-refractivity contribution in [1.82, 2.24) is 4.90 Å². The van der Waals surface area contributed by atoms with Gasteiger partial charge in [0.25, 0.3) is 0 Å². The Morgan fingerprint density at radius 1 is 1.07 bits per heavy atom. The van der Waals surface area contributed by atoms with Crippen molar-refractivity contribution in [2.45, 2.75) is 48.0 Å². The summed E-state index contributed by atoms with van der Waals surface area (Å²) in [5, 5.41) is 8.42. The predicted molar refractivity (Wildman–Crippen MR) is 66.7 cm³/mol. The normalized spacial score (nSPS) is 9.00. The Labute approximate surface area is 91.3 Å². The van der Waals surface area contributed by atoms with E-state index in [9.17, 15) is 0 Å². The van der Waals surface area contributed by atoms with Crippen molar-refractivity contribution < 1.29 is 5.11 Å². The molecule has 0 rings (SSSR count). The second kappa shape index (κ2) is 18.7. The lowest BCUT2D eigenvalue weighted by molar-refractivity contribution is 0.222. The lowest BCUT2D eigenvalue weighted by atomic mass is 10.3. The molecule has 0 saturated heterocycles. The average molecular weight is 205 g/mol. The van der Waals surface area contributed by atoms with E-state index in [1.165, 1.54) is 0 Å². The van der Waals surface area contributed by atoms with E-state index in [1.807, 2.05) is 20.9 Å². The molecule has 0 spiro atoms. The van der Waals surface area contributed by atoms with Crippen LogP contribution in [-0.2, 0) is 0 Å². The second-order valence-corrected chi connectivity index (χ2v) is 3.76. The van der Waals surface area contributed by atoms with Crippen LogP contribution in [0.4, 0.5) is 0 Å². The van der Waals surface area contributed by atoms with Gasteiger partial charge in [0, 0.05) is 6.54 Å². The van der Waals surface area contributed by atoms with Crippen molar-refractivity contribution in [3.05, 3.63) is 0 Å². The number of nitrogens with zero attached hydrogens (tertiary/aromatic N) is 1. The molecule has 90 valence electrons. The van der Waals surface area contributed by atoms with Crippen molar-refractivity contribution in [1.29, 1.82) is 0 Å². The van der Waals surface area contributed by atoms with E-state index in [-0.39, 0.29) is 6.61 Å². The highest BCUT2D eigenvalue weighted by Gasteiger charge is 1.91. The van der Waals surface area contributed by atoms with Crippen molar-refractivity contribution in [3.63, 3.8) is 0 Å².